The van der Waals surface area contributed by atoms with Crippen LogP contribution >= 0.6 is 0 Å². The van der Waals surface area contributed by atoms with E-state index in [0.29, 0.717) is 35.1 Å². The number of hydrogen-bond acceptors (Lipinski definition) is 6. The van der Waals surface area contributed by atoms with E-state index in [1.165, 1.54) is 48.5 Å². The second kappa shape index (κ2) is 17.9. The van der Waals surface area contributed by atoms with Crippen molar-refractivity contribution in [2.24, 2.45) is 0 Å². The van der Waals surface area contributed by atoms with Gasteiger partial charge < -0.3 is 19.4 Å². The first-order valence-corrected chi connectivity index (χ1v) is 20.8. The molecule has 4 aromatic heterocycles. The molecule has 0 radical (unpaired) electrons. The van der Waals surface area contributed by atoms with Crippen molar-refractivity contribution in [3.8, 4) is 45.0 Å². The third kappa shape index (κ3) is 10.0. The lowest BCUT2D eigenvalue weighted by Gasteiger charge is -2.16. The molecule has 1 unspecified atom stereocenters. The third-order valence-corrected chi connectivity index (χ3v) is 10.1. The number of pyridine rings is 2. The Labute approximate surface area is 314 Å². The van der Waals surface area contributed by atoms with E-state index in [0.717, 1.165) is 40.7 Å². The number of H-pyrrole nitrogens is 1. The first kappa shape index (κ1) is 39.5. The summed E-state index contributed by atoms with van der Waals surface area (Å²) in [6, 6.07) is 26.6. The summed E-state index contributed by atoms with van der Waals surface area (Å²) in [5, 5.41) is 10.7. The number of nitrogens with one attached hydrogen (secondary N) is 1. The van der Waals surface area contributed by atoms with Crippen molar-refractivity contribution in [3.63, 3.8) is 0 Å². The lowest BCUT2D eigenvalue weighted by molar-refractivity contribution is 0.0882. The van der Waals surface area contributed by atoms with Crippen molar-refractivity contribution >= 4 is 8.07 Å². The summed E-state index contributed by atoms with van der Waals surface area (Å²) in [6.45, 7) is 8.16. The molecule has 8 nitrogen and oxygen atoms in total. The predicted molar refractivity (Wildman–Crippen MR) is 209 cm³/mol. The van der Waals surface area contributed by atoms with Crippen LogP contribution in [0.1, 0.15) is 24.9 Å². The number of aromatic amines is 1. The number of aliphatic hydroxyl groups excluding tert-OH is 1. The minimum Gasteiger partial charge on any atom is -0.380 e. The van der Waals surface area contributed by atoms with Crippen LogP contribution in [-0.2, 0) is 11.5 Å². The molecule has 7 rings (SSSR count). The molecule has 54 heavy (non-hydrogen) atoms. The van der Waals surface area contributed by atoms with Gasteiger partial charge in [0.15, 0.2) is 0 Å². The van der Waals surface area contributed by atoms with E-state index >= 15 is 0 Å². The van der Waals surface area contributed by atoms with Gasteiger partial charge in [-0.1, -0.05) is 39.2 Å². The maximum atomic E-state index is 13.4. The quantitative estimate of drug-likeness (QED) is 0.101. The van der Waals surface area contributed by atoms with Crippen molar-refractivity contribution in [3.05, 3.63) is 157 Å². The first-order valence-electron chi connectivity index (χ1n) is 17.0. The number of halogens is 3. The molecule has 1 atom stereocenters. The largest absolute Gasteiger partial charge is 0.380 e. The van der Waals surface area contributed by atoms with E-state index in [9.17, 15) is 18.3 Å². The van der Waals surface area contributed by atoms with Gasteiger partial charge in [-0.25, -0.2) is 23.1 Å². The van der Waals surface area contributed by atoms with Crippen LogP contribution in [0.5, 0.6) is 0 Å². The predicted octanol–water partition coefficient (Wildman–Crippen LogP) is 10.2. The highest BCUT2D eigenvalue weighted by Crippen LogP contribution is 2.34. The topological polar surface area (TPSA) is 102 Å². The Morgan fingerprint density at radius 2 is 1.19 bits per heavy atom. The number of hydrogen-bond donors (Lipinski definition) is 2. The second-order valence-corrected chi connectivity index (χ2v) is 19.2. The van der Waals surface area contributed by atoms with Crippen LogP contribution in [0.2, 0.25) is 25.7 Å². The average Bonchev–Trinajstić information content (AvgIpc) is 3.80. The molecule has 0 saturated carbocycles. The fourth-order valence-electron chi connectivity index (χ4n) is 5.52. The Morgan fingerprint density at radius 3 is 1.74 bits per heavy atom. The molecule has 0 aliphatic heterocycles. The van der Waals surface area contributed by atoms with Crippen LogP contribution in [0.3, 0.4) is 0 Å². The van der Waals surface area contributed by atoms with Gasteiger partial charge in [0.25, 0.3) is 0 Å². The Bertz CT molecular complexity index is 2210. The maximum Gasteiger partial charge on any atom is 0.140 e. The summed E-state index contributed by atoms with van der Waals surface area (Å²) < 4.78 is 47.7. The molecule has 0 amide bonds. The molecule has 0 bridgehead atoms. The zero-order valence-corrected chi connectivity index (χ0v) is 30.5. The van der Waals surface area contributed by atoms with Gasteiger partial charge in [0, 0.05) is 61.7 Å². The van der Waals surface area contributed by atoms with Gasteiger partial charge in [0.2, 0.25) is 0 Å². The Balaban J connectivity index is 0.000000204. The summed E-state index contributed by atoms with van der Waals surface area (Å²) in [4.78, 5) is 20.4. The molecule has 0 fully saturated rings. The van der Waals surface area contributed by atoms with E-state index in [4.69, 9.17) is 4.74 Å². The molecule has 278 valence electrons. The Kier molecular flexibility index (Phi) is 13.1. The highest BCUT2D eigenvalue weighted by atomic mass is 28.3. The van der Waals surface area contributed by atoms with E-state index in [2.05, 4.69) is 44.6 Å². The van der Waals surface area contributed by atoms with Gasteiger partial charge in [-0.15, -0.1) is 0 Å². The van der Waals surface area contributed by atoms with E-state index in [1.54, 1.807) is 55.4 Å². The van der Waals surface area contributed by atoms with Gasteiger partial charge in [-0.3, -0.25) is 9.97 Å². The molecule has 0 aliphatic rings. The van der Waals surface area contributed by atoms with Crippen molar-refractivity contribution in [2.45, 2.75) is 45.9 Å². The van der Waals surface area contributed by atoms with Crippen LogP contribution < -0.4 is 0 Å². The Morgan fingerprint density at radius 1 is 0.685 bits per heavy atom. The minimum absolute atomic E-state index is 0. The van der Waals surface area contributed by atoms with Crippen LogP contribution in [0, 0.1) is 17.5 Å². The molecular weight excluding hydrogens is 706 g/mol. The summed E-state index contributed by atoms with van der Waals surface area (Å²) >= 11 is 0. The minimum atomic E-state index is -1.13. The zero-order valence-electron chi connectivity index (χ0n) is 29.5. The van der Waals surface area contributed by atoms with Crippen molar-refractivity contribution in [1.82, 2.24) is 29.5 Å². The zero-order chi connectivity index (χ0) is 37.4. The lowest BCUT2D eigenvalue weighted by Crippen LogP contribution is -2.22. The lowest BCUT2D eigenvalue weighted by atomic mass is 10.1. The van der Waals surface area contributed by atoms with Gasteiger partial charge >= 0.3 is 0 Å². The van der Waals surface area contributed by atoms with Crippen LogP contribution in [0.25, 0.3) is 45.0 Å². The van der Waals surface area contributed by atoms with Crippen LogP contribution in [-0.4, -0.2) is 49.3 Å². The molecule has 0 saturated heterocycles. The molecule has 2 N–H and O–H groups in total. The SMILES string of the molecule is C.C[Si](C)(C)CCOCn1cnc(-c2ccncc2)c1-c1ccc(F)cc1.OC(c1ccc(F)cc1)c1nc(-c2ccc(F)cc2)c(-c2ccncc2)[nH]1. The number of nitrogens with zero attached hydrogens (tertiary/aromatic N) is 5. The number of benzene rings is 3. The van der Waals surface area contributed by atoms with Crippen LogP contribution in [0.4, 0.5) is 13.2 Å². The van der Waals surface area contributed by atoms with Gasteiger partial charge in [0.1, 0.15) is 36.1 Å². The average molecular weight is 749 g/mol. The normalized spacial score (nSPS) is 11.7. The van der Waals surface area contributed by atoms with E-state index in [1.807, 2.05) is 28.8 Å². The fourth-order valence-corrected chi connectivity index (χ4v) is 6.28. The molecule has 7 aromatic rings. The maximum absolute atomic E-state index is 13.4. The summed E-state index contributed by atoms with van der Waals surface area (Å²) in [6.07, 6.45) is 7.52. The van der Waals surface area contributed by atoms with Crippen LogP contribution in [0.15, 0.2) is 128 Å². The van der Waals surface area contributed by atoms with Crippen molar-refractivity contribution in [2.75, 3.05) is 6.61 Å². The molecule has 3 aromatic carbocycles. The smallest absolute Gasteiger partial charge is 0.140 e. The monoisotopic (exact) mass is 748 g/mol. The number of ether oxygens (including phenoxy) is 1. The molecule has 0 spiro atoms. The van der Waals surface area contributed by atoms with Gasteiger partial charge in [0.05, 0.1) is 29.1 Å². The summed E-state index contributed by atoms with van der Waals surface area (Å²) in [7, 11) is -1.13. The number of aliphatic hydroxyl groups is 1. The molecule has 4 heterocycles. The molecular formula is C42H43F3N6O2Si. The summed E-state index contributed by atoms with van der Waals surface area (Å²) in [5.41, 5.74) is 6.95. The van der Waals surface area contributed by atoms with Crippen molar-refractivity contribution < 1.29 is 23.0 Å². The highest BCUT2D eigenvalue weighted by molar-refractivity contribution is 6.76. The number of rotatable bonds is 11. The standard InChI is InChI=1S/C21H15F2N3O.C20H24FN3OSi.CH4/c22-16-5-1-13(2-6-16)18-19(14-9-11-24-12-10-14)26-21(25-18)20(27)15-3-7-17(23)8-4-15;1-26(2,3)13-12-25-15-24-14-23-19(16-8-10-22-11-9-16)20(24)17-4-6-18(21)7-5-17;/h1-12,20,27H,(H,25,26);4-11,14H,12-13,15H2,1-3H3;1H4. The van der Waals surface area contributed by atoms with E-state index < -0.39 is 14.2 Å². The van der Waals surface area contributed by atoms with E-state index in [-0.39, 0.29) is 24.9 Å². The molecule has 12 heteroatoms. The first-order chi connectivity index (χ1) is 25.6. The number of aromatic nitrogens is 6. The third-order valence-electron chi connectivity index (χ3n) is 8.39. The van der Waals surface area contributed by atoms with Gasteiger partial charge in [-0.2, -0.15) is 0 Å². The molecule has 0 aliphatic carbocycles. The number of imidazole rings is 2. The fraction of sp³-hybridized carbons (Fsp3) is 0.190. The second-order valence-electron chi connectivity index (χ2n) is 13.5. The Hall–Kier alpha value is -5.69. The summed E-state index contributed by atoms with van der Waals surface area (Å²) in [5.74, 6) is -0.661. The van der Waals surface area contributed by atoms with Crippen molar-refractivity contribution in [1.29, 1.82) is 0 Å². The highest BCUT2D eigenvalue weighted by Gasteiger charge is 2.21. The van der Waals surface area contributed by atoms with Gasteiger partial charge in [-0.05, 0) is 96.5 Å².